The smallest absolute Gasteiger partial charge is 0.129 e. The minimum absolute atomic E-state index is 0.0209. The summed E-state index contributed by atoms with van der Waals surface area (Å²) >= 11 is 0. The van der Waals surface area contributed by atoms with E-state index in [0.717, 1.165) is 24.2 Å². The van der Waals surface area contributed by atoms with Crippen LogP contribution >= 0.6 is 0 Å². The predicted octanol–water partition coefficient (Wildman–Crippen LogP) is 4.34. The molecular formula is C17H29FN2. The van der Waals surface area contributed by atoms with E-state index >= 15 is 0 Å². The molecule has 0 saturated carbocycles. The fraction of sp³-hybridized carbons (Fsp3) is 0.647. The van der Waals surface area contributed by atoms with Crippen molar-refractivity contribution in [2.24, 2.45) is 0 Å². The molecule has 0 aliphatic heterocycles. The van der Waals surface area contributed by atoms with Crippen LogP contribution in [-0.4, -0.2) is 18.1 Å². The summed E-state index contributed by atoms with van der Waals surface area (Å²) in [6.45, 7) is 14.3. The van der Waals surface area contributed by atoms with Crippen LogP contribution in [0.4, 0.5) is 10.1 Å². The lowest BCUT2D eigenvalue weighted by molar-refractivity contribution is 0.418. The normalized spacial score (nSPS) is 12.0. The molecule has 0 aliphatic carbocycles. The molecule has 1 N–H and O–H groups in total. The average molecular weight is 280 g/mol. The molecule has 0 aromatic heterocycles. The summed E-state index contributed by atoms with van der Waals surface area (Å²) in [4.78, 5) is 2.28. The quantitative estimate of drug-likeness (QED) is 0.834. The molecule has 0 bridgehead atoms. The van der Waals surface area contributed by atoms with Gasteiger partial charge in [-0.15, -0.1) is 0 Å². The third-order valence-corrected chi connectivity index (χ3v) is 3.29. The van der Waals surface area contributed by atoms with E-state index in [1.54, 1.807) is 12.1 Å². The highest BCUT2D eigenvalue weighted by molar-refractivity contribution is 5.55. The average Bonchev–Trinajstić information content (AvgIpc) is 2.32. The van der Waals surface area contributed by atoms with Crippen LogP contribution in [0.1, 0.15) is 53.5 Å². The molecule has 0 saturated heterocycles. The van der Waals surface area contributed by atoms with E-state index in [0.29, 0.717) is 12.6 Å². The van der Waals surface area contributed by atoms with Crippen LogP contribution in [0.15, 0.2) is 18.2 Å². The molecule has 0 aliphatic rings. The predicted molar refractivity (Wildman–Crippen MR) is 85.8 cm³/mol. The van der Waals surface area contributed by atoms with Crippen molar-refractivity contribution in [3.63, 3.8) is 0 Å². The van der Waals surface area contributed by atoms with Gasteiger partial charge in [-0.2, -0.15) is 0 Å². The summed E-state index contributed by atoms with van der Waals surface area (Å²) in [6.07, 6.45) is 1.06. The van der Waals surface area contributed by atoms with Crippen molar-refractivity contribution in [2.75, 3.05) is 11.4 Å². The minimum Gasteiger partial charge on any atom is -0.369 e. The molecule has 0 atom stereocenters. The second-order valence-corrected chi connectivity index (χ2v) is 6.63. The SMILES string of the molecule is CCCN(c1cccc(F)c1CNC(C)(C)C)C(C)C. The van der Waals surface area contributed by atoms with Crippen LogP contribution in [0, 0.1) is 5.82 Å². The van der Waals surface area contributed by atoms with Crippen molar-refractivity contribution in [1.82, 2.24) is 5.32 Å². The van der Waals surface area contributed by atoms with E-state index in [4.69, 9.17) is 0 Å². The van der Waals surface area contributed by atoms with E-state index in [1.807, 2.05) is 6.07 Å². The number of benzene rings is 1. The Bertz CT molecular complexity index is 421. The summed E-state index contributed by atoms with van der Waals surface area (Å²) in [6, 6.07) is 5.74. The monoisotopic (exact) mass is 280 g/mol. The second-order valence-electron chi connectivity index (χ2n) is 6.63. The standard InChI is InChI=1S/C17H29FN2/c1-7-11-20(13(2)3)16-10-8-9-15(18)14(16)12-19-17(4,5)6/h8-10,13,19H,7,11-12H2,1-6H3. The van der Waals surface area contributed by atoms with Gasteiger partial charge in [0, 0.05) is 35.9 Å². The molecule has 2 nitrogen and oxygen atoms in total. The summed E-state index contributed by atoms with van der Waals surface area (Å²) < 4.78 is 14.2. The van der Waals surface area contributed by atoms with Gasteiger partial charge in [-0.1, -0.05) is 13.0 Å². The van der Waals surface area contributed by atoms with Gasteiger partial charge in [-0.25, -0.2) is 4.39 Å². The topological polar surface area (TPSA) is 15.3 Å². The third kappa shape index (κ3) is 4.78. The van der Waals surface area contributed by atoms with Crippen molar-refractivity contribution in [2.45, 2.75) is 66.1 Å². The van der Waals surface area contributed by atoms with Crippen LogP contribution < -0.4 is 10.2 Å². The van der Waals surface area contributed by atoms with Gasteiger partial charge in [-0.3, -0.25) is 0 Å². The first-order valence-electron chi connectivity index (χ1n) is 7.55. The highest BCUT2D eigenvalue weighted by atomic mass is 19.1. The molecule has 1 aromatic rings. The van der Waals surface area contributed by atoms with Crippen LogP contribution in [-0.2, 0) is 6.54 Å². The van der Waals surface area contributed by atoms with E-state index < -0.39 is 0 Å². The van der Waals surface area contributed by atoms with Crippen molar-refractivity contribution < 1.29 is 4.39 Å². The zero-order valence-electron chi connectivity index (χ0n) is 13.8. The van der Waals surface area contributed by atoms with E-state index in [9.17, 15) is 4.39 Å². The van der Waals surface area contributed by atoms with Gasteiger partial charge in [0.25, 0.3) is 0 Å². The number of hydrogen-bond donors (Lipinski definition) is 1. The Hall–Kier alpha value is -1.09. The van der Waals surface area contributed by atoms with Crippen molar-refractivity contribution >= 4 is 5.69 Å². The number of anilines is 1. The first-order valence-corrected chi connectivity index (χ1v) is 7.55. The summed E-state index contributed by atoms with van der Waals surface area (Å²) in [5.74, 6) is -0.124. The Kier molecular flexibility index (Phi) is 6.00. The Balaban J connectivity index is 3.08. The van der Waals surface area contributed by atoms with E-state index in [2.05, 4.69) is 51.8 Å². The molecular weight excluding hydrogens is 251 g/mol. The first kappa shape index (κ1) is 17.0. The van der Waals surface area contributed by atoms with Gasteiger partial charge in [0.05, 0.1) is 0 Å². The van der Waals surface area contributed by atoms with Crippen LogP contribution in [0.3, 0.4) is 0 Å². The molecule has 3 heteroatoms. The Morgan fingerprint density at radius 1 is 1.25 bits per heavy atom. The van der Waals surface area contributed by atoms with Gasteiger partial charge in [-0.05, 0) is 53.2 Å². The molecule has 20 heavy (non-hydrogen) atoms. The van der Waals surface area contributed by atoms with Crippen molar-refractivity contribution in [3.8, 4) is 0 Å². The van der Waals surface area contributed by atoms with Gasteiger partial charge in [0.1, 0.15) is 5.82 Å². The van der Waals surface area contributed by atoms with Crippen molar-refractivity contribution in [1.29, 1.82) is 0 Å². The molecule has 1 aromatic carbocycles. The van der Waals surface area contributed by atoms with Gasteiger partial charge < -0.3 is 10.2 Å². The number of rotatable bonds is 6. The lowest BCUT2D eigenvalue weighted by Gasteiger charge is -2.31. The molecule has 114 valence electrons. The zero-order valence-corrected chi connectivity index (χ0v) is 13.8. The maximum atomic E-state index is 14.2. The minimum atomic E-state index is -0.124. The maximum Gasteiger partial charge on any atom is 0.129 e. The summed E-state index contributed by atoms with van der Waals surface area (Å²) in [5.41, 5.74) is 1.76. The molecule has 0 amide bonds. The van der Waals surface area contributed by atoms with Gasteiger partial charge in [0.15, 0.2) is 0 Å². The lowest BCUT2D eigenvalue weighted by Crippen LogP contribution is -2.37. The number of hydrogen-bond acceptors (Lipinski definition) is 2. The molecule has 0 spiro atoms. The Morgan fingerprint density at radius 3 is 2.40 bits per heavy atom. The number of nitrogens with one attached hydrogen (secondary N) is 1. The first-order chi connectivity index (χ1) is 9.26. The van der Waals surface area contributed by atoms with Gasteiger partial charge >= 0.3 is 0 Å². The zero-order chi connectivity index (χ0) is 15.3. The lowest BCUT2D eigenvalue weighted by atomic mass is 10.1. The number of nitrogens with zero attached hydrogens (tertiary/aromatic N) is 1. The second kappa shape index (κ2) is 7.07. The summed E-state index contributed by atoms with van der Waals surface area (Å²) in [7, 11) is 0. The molecule has 0 heterocycles. The van der Waals surface area contributed by atoms with Crippen LogP contribution in [0.25, 0.3) is 0 Å². The molecule has 0 unspecified atom stereocenters. The largest absolute Gasteiger partial charge is 0.369 e. The van der Waals surface area contributed by atoms with Crippen LogP contribution in [0.2, 0.25) is 0 Å². The third-order valence-electron chi connectivity index (χ3n) is 3.29. The highest BCUT2D eigenvalue weighted by Gasteiger charge is 2.18. The fourth-order valence-electron chi connectivity index (χ4n) is 2.24. The molecule has 1 rings (SSSR count). The van der Waals surface area contributed by atoms with E-state index in [1.165, 1.54) is 0 Å². The molecule has 0 radical (unpaired) electrons. The van der Waals surface area contributed by atoms with Crippen molar-refractivity contribution in [3.05, 3.63) is 29.6 Å². The fourth-order valence-corrected chi connectivity index (χ4v) is 2.24. The number of halogens is 1. The molecule has 0 fully saturated rings. The van der Waals surface area contributed by atoms with Crippen LogP contribution in [0.5, 0.6) is 0 Å². The maximum absolute atomic E-state index is 14.2. The highest BCUT2D eigenvalue weighted by Crippen LogP contribution is 2.26. The summed E-state index contributed by atoms with van der Waals surface area (Å²) in [5, 5.41) is 3.39. The van der Waals surface area contributed by atoms with Gasteiger partial charge in [0.2, 0.25) is 0 Å². The van der Waals surface area contributed by atoms with E-state index in [-0.39, 0.29) is 11.4 Å². The Labute approximate surface area is 123 Å². The Morgan fingerprint density at radius 2 is 1.90 bits per heavy atom.